The van der Waals surface area contributed by atoms with Gasteiger partial charge < -0.3 is 19.6 Å². The van der Waals surface area contributed by atoms with Crippen LogP contribution in [0.4, 0.5) is 17.3 Å². The van der Waals surface area contributed by atoms with Gasteiger partial charge in [-0.2, -0.15) is 0 Å². The highest BCUT2D eigenvalue weighted by Gasteiger charge is 2.35. The number of pyridine rings is 1. The zero-order valence-corrected chi connectivity index (χ0v) is 17.8. The van der Waals surface area contributed by atoms with Crippen molar-refractivity contribution in [1.29, 1.82) is 0 Å². The van der Waals surface area contributed by atoms with Crippen LogP contribution in [0.15, 0.2) is 48.7 Å². The molecule has 0 saturated carbocycles. The van der Waals surface area contributed by atoms with E-state index < -0.39 is 0 Å². The number of aromatic nitrogens is 2. The molecule has 3 heterocycles. The normalized spacial score (nSPS) is 19.0. The SMILES string of the molecule is CC(C)CN(c1ncccc1[N+](=O)[O-])C1CCN(c2cc3ccccc3[nH]2)C(C=O)C1. The van der Waals surface area contributed by atoms with Crippen molar-refractivity contribution in [3.05, 3.63) is 58.8 Å². The Labute approximate surface area is 181 Å². The molecule has 2 atom stereocenters. The number of aromatic amines is 1. The van der Waals surface area contributed by atoms with Crippen molar-refractivity contribution in [3.8, 4) is 0 Å². The maximum Gasteiger partial charge on any atom is 0.311 e. The number of fused-ring (bicyclic) bond motifs is 1. The Balaban J connectivity index is 1.62. The summed E-state index contributed by atoms with van der Waals surface area (Å²) in [4.78, 5) is 35.2. The van der Waals surface area contributed by atoms with E-state index in [2.05, 4.69) is 34.8 Å². The first-order chi connectivity index (χ1) is 15.0. The summed E-state index contributed by atoms with van der Waals surface area (Å²) in [5.41, 5.74) is 1.04. The molecule has 8 heteroatoms. The fourth-order valence-corrected chi connectivity index (χ4v) is 4.46. The van der Waals surface area contributed by atoms with Crippen molar-refractivity contribution >= 4 is 34.5 Å². The van der Waals surface area contributed by atoms with Crippen LogP contribution in [0.25, 0.3) is 10.9 Å². The number of piperidine rings is 1. The summed E-state index contributed by atoms with van der Waals surface area (Å²) in [6.07, 6.45) is 3.93. The molecule has 0 aliphatic carbocycles. The van der Waals surface area contributed by atoms with Gasteiger partial charge in [-0.15, -0.1) is 0 Å². The van der Waals surface area contributed by atoms with Gasteiger partial charge in [0.15, 0.2) is 0 Å². The van der Waals surface area contributed by atoms with Crippen LogP contribution < -0.4 is 9.80 Å². The minimum Gasteiger partial charge on any atom is -0.348 e. The van der Waals surface area contributed by atoms with E-state index in [1.165, 1.54) is 6.07 Å². The average molecular weight is 422 g/mol. The Hall–Kier alpha value is -3.42. The van der Waals surface area contributed by atoms with Gasteiger partial charge in [0.1, 0.15) is 12.1 Å². The smallest absolute Gasteiger partial charge is 0.311 e. The van der Waals surface area contributed by atoms with Crippen LogP contribution in [0, 0.1) is 16.0 Å². The topological polar surface area (TPSA) is 95.4 Å². The number of benzene rings is 1. The van der Waals surface area contributed by atoms with Crippen LogP contribution in [-0.2, 0) is 4.79 Å². The molecule has 0 bridgehead atoms. The molecule has 1 N–H and O–H groups in total. The molecule has 1 aliphatic heterocycles. The average Bonchev–Trinajstić information content (AvgIpc) is 3.21. The maximum absolute atomic E-state index is 12.1. The number of anilines is 2. The largest absolute Gasteiger partial charge is 0.348 e. The summed E-state index contributed by atoms with van der Waals surface area (Å²) in [6.45, 7) is 5.48. The molecule has 0 spiro atoms. The van der Waals surface area contributed by atoms with Crippen molar-refractivity contribution in [2.45, 2.75) is 38.8 Å². The van der Waals surface area contributed by atoms with Gasteiger partial charge in [-0.05, 0) is 37.0 Å². The molecule has 4 rings (SSSR count). The van der Waals surface area contributed by atoms with E-state index in [0.717, 1.165) is 29.4 Å². The lowest BCUT2D eigenvalue weighted by Crippen LogP contribution is -2.52. The number of carbonyl (C=O) groups is 1. The monoisotopic (exact) mass is 421 g/mol. The first kappa shape index (κ1) is 20.8. The van der Waals surface area contributed by atoms with Gasteiger partial charge >= 0.3 is 5.69 Å². The molecule has 1 aromatic carbocycles. The molecule has 162 valence electrons. The van der Waals surface area contributed by atoms with Crippen molar-refractivity contribution in [2.24, 2.45) is 5.92 Å². The van der Waals surface area contributed by atoms with Crippen molar-refractivity contribution in [2.75, 3.05) is 22.9 Å². The summed E-state index contributed by atoms with van der Waals surface area (Å²) >= 11 is 0. The Morgan fingerprint density at radius 3 is 2.84 bits per heavy atom. The van der Waals surface area contributed by atoms with E-state index in [-0.39, 0.29) is 22.7 Å². The highest BCUT2D eigenvalue weighted by molar-refractivity contribution is 5.84. The number of hydrogen-bond acceptors (Lipinski definition) is 6. The summed E-state index contributed by atoms with van der Waals surface area (Å²) < 4.78 is 0. The molecule has 0 radical (unpaired) electrons. The molecular formula is C23H27N5O3. The van der Waals surface area contributed by atoms with Gasteiger partial charge in [-0.25, -0.2) is 4.98 Å². The predicted octanol–water partition coefficient (Wildman–Crippen LogP) is 4.17. The van der Waals surface area contributed by atoms with Gasteiger partial charge in [-0.3, -0.25) is 10.1 Å². The lowest BCUT2D eigenvalue weighted by molar-refractivity contribution is -0.384. The zero-order valence-electron chi connectivity index (χ0n) is 17.8. The van der Waals surface area contributed by atoms with E-state index in [9.17, 15) is 14.9 Å². The fraction of sp³-hybridized carbons (Fsp3) is 0.391. The van der Waals surface area contributed by atoms with Crippen LogP contribution in [-0.4, -0.2) is 46.4 Å². The predicted molar refractivity (Wildman–Crippen MR) is 122 cm³/mol. The third-order valence-corrected chi connectivity index (χ3v) is 5.84. The standard InChI is InChI=1S/C23H27N5O3/c1-16(2)14-27(23-21(28(30)31)8-5-10-24-23)18-9-11-26(19(13-18)15-29)22-12-17-6-3-4-7-20(17)25-22/h3-8,10,12,15-16,18-19,25H,9,11,13-14H2,1-2H3. The molecule has 8 nitrogen and oxygen atoms in total. The van der Waals surface area contributed by atoms with Gasteiger partial charge in [0, 0.05) is 42.3 Å². The molecule has 3 aromatic rings. The van der Waals surface area contributed by atoms with Gasteiger partial charge in [0.2, 0.25) is 5.82 Å². The minimum absolute atomic E-state index is 0.00356. The van der Waals surface area contributed by atoms with Crippen LogP contribution in [0.5, 0.6) is 0 Å². The van der Waals surface area contributed by atoms with Crippen LogP contribution >= 0.6 is 0 Å². The van der Waals surface area contributed by atoms with E-state index in [1.54, 1.807) is 12.3 Å². The molecule has 1 saturated heterocycles. The number of nitro groups is 1. The summed E-state index contributed by atoms with van der Waals surface area (Å²) in [5, 5.41) is 12.7. The van der Waals surface area contributed by atoms with Gasteiger partial charge in [0.05, 0.1) is 11.0 Å². The van der Waals surface area contributed by atoms with Crippen molar-refractivity contribution in [1.82, 2.24) is 9.97 Å². The van der Waals surface area contributed by atoms with E-state index >= 15 is 0 Å². The lowest BCUT2D eigenvalue weighted by atomic mass is 9.95. The van der Waals surface area contributed by atoms with Crippen LogP contribution in [0.2, 0.25) is 0 Å². The fourth-order valence-electron chi connectivity index (χ4n) is 4.46. The maximum atomic E-state index is 12.1. The summed E-state index contributed by atoms with van der Waals surface area (Å²) in [7, 11) is 0. The number of rotatable bonds is 7. The lowest BCUT2D eigenvalue weighted by Gasteiger charge is -2.43. The third kappa shape index (κ3) is 4.23. The quantitative estimate of drug-likeness (QED) is 0.349. The second-order valence-electron chi connectivity index (χ2n) is 8.47. The molecule has 0 amide bonds. The number of carbonyl (C=O) groups excluding carboxylic acids is 1. The third-order valence-electron chi connectivity index (χ3n) is 5.84. The van der Waals surface area contributed by atoms with Crippen LogP contribution in [0.1, 0.15) is 26.7 Å². The first-order valence-electron chi connectivity index (χ1n) is 10.6. The second kappa shape index (κ2) is 8.75. The molecule has 1 aliphatic rings. The van der Waals surface area contributed by atoms with Crippen molar-refractivity contribution < 1.29 is 9.72 Å². The number of hydrogen-bond donors (Lipinski definition) is 1. The van der Waals surface area contributed by atoms with E-state index in [0.29, 0.717) is 31.2 Å². The highest BCUT2D eigenvalue weighted by atomic mass is 16.6. The molecule has 2 aromatic heterocycles. The molecule has 31 heavy (non-hydrogen) atoms. The number of para-hydroxylation sites is 1. The molecular weight excluding hydrogens is 394 g/mol. The van der Waals surface area contributed by atoms with E-state index in [1.807, 2.05) is 29.2 Å². The highest BCUT2D eigenvalue weighted by Crippen LogP contribution is 2.34. The first-order valence-corrected chi connectivity index (χ1v) is 10.6. The van der Waals surface area contributed by atoms with Gasteiger partial charge in [-0.1, -0.05) is 32.0 Å². The Morgan fingerprint density at radius 1 is 1.32 bits per heavy atom. The second-order valence-corrected chi connectivity index (χ2v) is 8.47. The number of nitrogens with one attached hydrogen (secondary N) is 1. The van der Waals surface area contributed by atoms with Crippen molar-refractivity contribution in [3.63, 3.8) is 0 Å². The number of aldehydes is 1. The Morgan fingerprint density at radius 2 is 2.13 bits per heavy atom. The minimum atomic E-state index is -0.382. The zero-order chi connectivity index (χ0) is 22.0. The Bertz CT molecular complexity index is 1050. The number of nitrogens with zero attached hydrogens (tertiary/aromatic N) is 4. The molecule has 1 fully saturated rings. The summed E-state index contributed by atoms with van der Waals surface area (Å²) in [5.74, 6) is 1.61. The van der Waals surface area contributed by atoms with Crippen LogP contribution in [0.3, 0.4) is 0 Å². The van der Waals surface area contributed by atoms with Gasteiger partial charge in [0.25, 0.3) is 0 Å². The molecule has 2 unspecified atom stereocenters. The number of H-pyrrole nitrogens is 1. The van der Waals surface area contributed by atoms with E-state index in [4.69, 9.17) is 0 Å². The summed E-state index contributed by atoms with van der Waals surface area (Å²) in [6, 6.07) is 12.9. The Kier molecular flexibility index (Phi) is 5.88.